The third kappa shape index (κ3) is 3.79. The van der Waals surface area contributed by atoms with Crippen LogP contribution in [0.3, 0.4) is 0 Å². The summed E-state index contributed by atoms with van der Waals surface area (Å²) < 4.78 is 0. The van der Waals surface area contributed by atoms with Crippen LogP contribution >= 0.6 is 0 Å². The number of rotatable bonds is 5. The molecule has 0 spiro atoms. The fourth-order valence-electron chi connectivity index (χ4n) is 2.23. The first-order valence-corrected chi connectivity index (χ1v) is 6.83. The minimum absolute atomic E-state index is 0.0174. The van der Waals surface area contributed by atoms with E-state index in [9.17, 15) is 0 Å². The van der Waals surface area contributed by atoms with Gasteiger partial charge in [0.05, 0.1) is 0 Å². The van der Waals surface area contributed by atoms with E-state index in [0.29, 0.717) is 12.2 Å². The molecule has 0 radical (unpaired) electrons. The molecular formula is C16H20N4O. The van der Waals surface area contributed by atoms with E-state index in [2.05, 4.69) is 41.4 Å². The summed E-state index contributed by atoms with van der Waals surface area (Å²) in [6.45, 7) is 4.92. The second kappa shape index (κ2) is 6.85. The van der Waals surface area contributed by atoms with Crippen molar-refractivity contribution >= 4 is 5.84 Å². The lowest BCUT2D eigenvalue weighted by molar-refractivity contribution is 0.318. The number of hydrogen-bond acceptors (Lipinski definition) is 4. The van der Waals surface area contributed by atoms with Crippen LogP contribution in [0.5, 0.6) is 0 Å². The van der Waals surface area contributed by atoms with Gasteiger partial charge in [-0.25, -0.2) is 0 Å². The number of aryl methyl sites for hydroxylation is 1. The highest BCUT2D eigenvalue weighted by molar-refractivity contribution is 5.95. The average Bonchev–Trinajstić information content (AvgIpc) is 2.52. The van der Waals surface area contributed by atoms with Crippen LogP contribution in [0.2, 0.25) is 0 Å². The zero-order valence-electron chi connectivity index (χ0n) is 12.2. The van der Waals surface area contributed by atoms with E-state index in [-0.39, 0.29) is 11.9 Å². The van der Waals surface area contributed by atoms with Crippen LogP contribution < -0.4 is 11.1 Å². The van der Waals surface area contributed by atoms with Crippen molar-refractivity contribution in [2.45, 2.75) is 26.4 Å². The predicted molar refractivity (Wildman–Crippen MR) is 83.2 cm³/mol. The van der Waals surface area contributed by atoms with Crippen molar-refractivity contribution in [3.63, 3.8) is 0 Å². The summed E-state index contributed by atoms with van der Waals surface area (Å²) in [4.78, 5) is 4.07. The summed E-state index contributed by atoms with van der Waals surface area (Å²) in [6.07, 6.45) is 1.66. The van der Waals surface area contributed by atoms with Gasteiger partial charge in [-0.05, 0) is 42.7 Å². The van der Waals surface area contributed by atoms with E-state index in [0.717, 1.165) is 5.56 Å². The van der Waals surface area contributed by atoms with E-state index in [1.54, 1.807) is 6.20 Å². The number of benzene rings is 1. The molecule has 0 aliphatic carbocycles. The Morgan fingerprint density at radius 2 is 2.14 bits per heavy atom. The molecule has 0 amide bonds. The monoisotopic (exact) mass is 284 g/mol. The van der Waals surface area contributed by atoms with Crippen molar-refractivity contribution in [1.29, 1.82) is 0 Å². The van der Waals surface area contributed by atoms with Gasteiger partial charge < -0.3 is 16.3 Å². The van der Waals surface area contributed by atoms with Crippen molar-refractivity contribution in [2.75, 3.05) is 0 Å². The summed E-state index contributed by atoms with van der Waals surface area (Å²) >= 11 is 0. The first-order valence-electron chi connectivity index (χ1n) is 6.83. The number of nitrogens with zero attached hydrogens (tertiary/aromatic N) is 2. The van der Waals surface area contributed by atoms with Crippen molar-refractivity contribution in [2.24, 2.45) is 10.9 Å². The van der Waals surface area contributed by atoms with E-state index in [1.807, 2.05) is 24.3 Å². The molecular weight excluding hydrogens is 264 g/mol. The first-order chi connectivity index (χ1) is 10.1. The highest BCUT2D eigenvalue weighted by Gasteiger charge is 2.08. The standard InChI is InChI=1S/C16H20N4O/c1-11-5-3-4-6-14(11)12(2)19-10-13-7-8-18-15(9-13)16(17)20-21/h3-9,12,19,21H,10H2,1-2H3,(H2,17,20)/t12-/m0/s1. The molecule has 1 atom stereocenters. The Kier molecular flexibility index (Phi) is 4.90. The van der Waals surface area contributed by atoms with E-state index in [4.69, 9.17) is 10.9 Å². The fourth-order valence-corrected chi connectivity index (χ4v) is 2.23. The van der Waals surface area contributed by atoms with Crippen molar-refractivity contribution in [1.82, 2.24) is 10.3 Å². The molecule has 4 N–H and O–H groups in total. The smallest absolute Gasteiger partial charge is 0.188 e. The Morgan fingerprint density at radius 3 is 2.86 bits per heavy atom. The Hall–Kier alpha value is -2.40. The highest BCUT2D eigenvalue weighted by atomic mass is 16.4. The molecule has 0 aliphatic rings. The molecule has 0 bridgehead atoms. The van der Waals surface area contributed by atoms with Crippen LogP contribution in [0, 0.1) is 6.92 Å². The second-order valence-corrected chi connectivity index (χ2v) is 4.99. The minimum Gasteiger partial charge on any atom is -0.409 e. The molecule has 1 aromatic carbocycles. The molecule has 0 unspecified atom stereocenters. The van der Waals surface area contributed by atoms with Gasteiger partial charge in [0, 0.05) is 18.8 Å². The minimum atomic E-state index is 0.0174. The van der Waals surface area contributed by atoms with Gasteiger partial charge in [-0.1, -0.05) is 29.4 Å². The summed E-state index contributed by atoms with van der Waals surface area (Å²) in [5.74, 6) is 0.0174. The van der Waals surface area contributed by atoms with Crippen molar-refractivity contribution in [3.05, 3.63) is 65.0 Å². The Bertz CT molecular complexity index is 640. The van der Waals surface area contributed by atoms with Gasteiger partial charge in [-0.15, -0.1) is 0 Å². The number of nitrogens with two attached hydrogens (primary N) is 1. The molecule has 5 heteroatoms. The molecule has 2 aromatic rings. The molecule has 2 rings (SSSR count). The van der Waals surface area contributed by atoms with Crippen LogP contribution in [0.4, 0.5) is 0 Å². The van der Waals surface area contributed by atoms with Crippen molar-refractivity contribution in [3.8, 4) is 0 Å². The molecule has 0 saturated carbocycles. The molecule has 0 saturated heterocycles. The number of oxime groups is 1. The number of amidine groups is 1. The molecule has 1 aromatic heterocycles. The number of pyridine rings is 1. The maximum Gasteiger partial charge on any atom is 0.188 e. The normalized spacial score (nSPS) is 13.1. The van der Waals surface area contributed by atoms with Gasteiger partial charge in [0.15, 0.2) is 5.84 Å². The third-order valence-electron chi connectivity index (χ3n) is 3.46. The van der Waals surface area contributed by atoms with Gasteiger partial charge in [-0.3, -0.25) is 4.98 Å². The predicted octanol–water partition coefficient (Wildman–Crippen LogP) is 2.34. The zero-order valence-corrected chi connectivity index (χ0v) is 12.2. The quantitative estimate of drug-likeness (QED) is 0.340. The van der Waals surface area contributed by atoms with Crippen LogP contribution in [0.15, 0.2) is 47.8 Å². The fraction of sp³-hybridized carbons (Fsp3) is 0.250. The highest BCUT2D eigenvalue weighted by Crippen LogP contribution is 2.17. The van der Waals surface area contributed by atoms with Gasteiger partial charge in [0.1, 0.15) is 5.69 Å². The molecule has 0 fully saturated rings. The molecule has 21 heavy (non-hydrogen) atoms. The molecule has 0 aliphatic heterocycles. The van der Waals surface area contributed by atoms with Gasteiger partial charge >= 0.3 is 0 Å². The summed E-state index contributed by atoms with van der Waals surface area (Å²) in [7, 11) is 0. The summed E-state index contributed by atoms with van der Waals surface area (Å²) in [5, 5.41) is 15.1. The van der Waals surface area contributed by atoms with E-state index in [1.165, 1.54) is 11.1 Å². The number of nitrogens with one attached hydrogen (secondary N) is 1. The maximum atomic E-state index is 8.68. The topological polar surface area (TPSA) is 83.5 Å². The van der Waals surface area contributed by atoms with Crippen molar-refractivity contribution < 1.29 is 5.21 Å². The van der Waals surface area contributed by atoms with E-state index < -0.39 is 0 Å². The molecule has 1 heterocycles. The summed E-state index contributed by atoms with van der Waals surface area (Å²) in [6, 6.07) is 12.3. The average molecular weight is 284 g/mol. The van der Waals surface area contributed by atoms with Crippen LogP contribution in [0.1, 0.15) is 35.3 Å². The second-order valence-electron chi connectivity index (χ2n) is 4.99. The van der Waals surface area contributed by atoms with Gasteiger partial charge in [0.2, 0.25) is 0 Å². The Labute approximate surface area is 124 Å². The lowest BCUT2D eigenvalue weighted by Gasteiger charge is -2.16. The Morgan fingerprint density at radius 1 is 1.38 bits per heavy atom. The number of aromatic nitrogens is 1. The number of hydrogen-bond donors (Lipinski definition) is 3. The molecule has 110 valence electrons. The van der Waals surface area contributed by atoms with Crippen LogP contribution in [-0.2, 0) is 6.54 Å². The van der Waals surface area contributed by atoms with Crippen LogP contribution in [-0.4, -0.2) is 16.0 Å². The van der Waals surface area contributed by atoms with Crippen LogP contribution in [0.25, 0.3) is 0 Å². The summed E-state index contributed by atoms with van der Waals surface area (Å²) in [5.41, 5.74) is 9.60. The van der Waals surface area contributed by atoms with Gasteiger partial charge in [0.25, 0.3) is 0 Å². The largest absolute Gasteiger partial charge is 0.409 e. The first kappa shape index (κ1) is 15.0. The Balaban J connectivity index is 2.05. The SMILES string of the molecule is Cc1ccccc1[C@H](C)NCc1ccnc(/C(N)=N/O)c1. The lowest BCUT2D eigenvalue weighted by atomic mass is 10.0. The maximum absolute atomic E-state index is 8.68. The van der Waals surface area contributed by atoms with Gasteiger partial charge in [-0.2, -0.15) is 0 Å². The zero-order chi connectivity index (χ0) is 15.2. The third-order valence-corrected chi connectivity index (χ3v) is 3.46. The lowest BCUT2D eigenvalue weighted by Crippen LogP contribution is -2.20. The molecule has 5 nitrogen and oxygen atoms in total. The van der Waals surface area contributed by atoms with E-state index >= 15 is 0 Å².